The standard InChI is InChI=1S/C18H18N4O3/c1-10-6-15(22-25-10)17-20-14-8-12(9-19-18(23)16(14)21-17)11-4-3-5-13(7-11)24-2/h3-7,12H,8-9H2,1-2H3,(H,19,23)(H,20,21). The average Bonchev–Trinajstić information content (AvgIpc) is 3.21. The minimum atomic E-state index is -0.178. The third-order valence-corrected chi connectivity index (χ3v) is 4.39. The molecule has 2 aromatic heterocycles. The number of ether oxygens (including phenoxy) is 1. The van der Waals surface area contributed by atoms with Gasteiger partial charge in [-0.3, -0.25) is 4.79 Å². The van der Waals surface area contributed by atoms with E-state index in [4.69, 9.17) is 9.26 Å². The van der Waals surface area contributed by atoms with Gasteiger partial charge in [-0.05, 0) is 31.0 Å². The van der Waals surface area contributed by atoms with Gasteiger partial charge in [0.25, 0.3) is 5.91 Å². The fourth-order valence-electron chi connectivity index (χ4n) is 3.09. The van der Waals surface area contributed by atoms with Gasteiger partial charge in [0.1, 0.15) is 22.9 Å². The number of carbonyl (C=O) groups is 1. The number of fused-ring (bicyclic) bond motifs is 1. The van der Waals surface area contributed by atoms with E-state index in [1.165, 1.54) is 0 Å². The number of methoxy groups -OCH3 is 1. The van der Waals surface area contributed by atoms with Crippen molar-refractivity contribution < 1.29 is 14.1 Å². The number of hydrogen-bond donors (Lipinski definition) is 2. The molecule has 1 aromatic carbocycles. The van der Waals surface area contributed by atoms with E-state index in [0.29, 0.717) is 35.9 Å². The van der Waals surface area contributed by atoms with Gasteiger partial charge in [0.2, 0.25) is 0 Å². The molecule has 0 spiro atoms. The Balaban J connectivity index is 1.68. The van der Waals surface area contributed by atoms with E-state index in [2.05, 4.69) is 20.4 Å². The molecule has 1 amide bonds. The third kappa shape index (κ3) is 2.88. The van der Waals surface area contributed by atoms with Crippen LogP contribution in [0.5, 0.6) is 5.75 Å². The van der Waals surface area contributed by atoms with Crippen LogP contribution in [0.15, 0.2) is 34.9 Å². The predicted octanol–water partition coefficient (Wildman–Crippen LogP) is 2.45. The lowest BCUT2D eigenvalue weighted by atomic mass is 9.94. The lowest BCUT2D eigenvalue weighted by Gasteiger charge is -2.15. The summed E-state index contributed by atoms with van der Waals surface area (Å²) in [4.78, 5) is 20.1. The van der Waals surface area contributed by atoms with E-state index in [1.54, 1.807) is 13.2 Å². The second-order valence-electron chi connectivity index (χ2n) is 6.12. The average molecular weight is 338 g/mol. The van der Waals surface area contributed by atoms with Crippen LogP contribution in [0.3, 0.4) is 0 Å². The SMILES string of the molecule is COc1cccc(C2CNC(=O)c3nc(-c4cc(C)on4)[nH]c3C2)c1. The number of nitrogens with one attached hydrogen (secondary N) is 2. The number of aromatic amines is 1. The van der Waals surface area contributed by atoms with Crippen molar-refractivity contribution in [2.45, 2.75) is 19.3 Å². The van der Waals surface area contributed by atoms with E-state index in [1.807, 2.05) is 31.2 Å². The molecule has 0 fully saturated rings. The minimum absolute atomic E-state index is 0.132. The molecule has 1 atom stereocenters. The Kier molecular flexibility index (Phi) is 3.76. The van der Waals surface area contributed by atoms with Crippen molar-refractivity contribution in [2.75, 3.05) is 13.7 Å². The Bertz CT molecular complexity index is 928. The molecule has 0 bridgehead atoms. The molecule has 3 heterocycles. The summed E-state index contributed by atoms with van der Waals surface area (Å²) in [6.45, 7) is 2.37. The van der Waals surface area contributed by atoms with Gasteiger partial charge in [-0.1, -0.05) is 17.3 Å². The Labute approximate surface area is 144 Å². The summed E-state index contributed by atoms with van der Waals surface area (Å²) in [6.07, 6.45) is 0.672. The molecule has 1 aliphatic heterocycles. The smallest absolute Gasteiger partial charge is 0.271 e. The fraction of sp³-hybridized carbons (Fsp3) is 0.278. The summed E-state index contributed by atoms with van der Waals surface area (Å²) in [5.41, 5.74) is 2.93. The molecule has 0 aliphatic carbocycles. The van der Waals surface area contributed by atoms with Crippen LogP contribution in [0.4, 0.5) is 0 Å². The van der Waals surface area contributed by atoms with Crippen molar-refractivity contribution in [1.29, 1.82) is 0 Å². The van der Waals surface area contributed by atoms with Crippen molar-refractivity contribution in [3.63, 3.8) is 0 Å². The van der Waals surface area contributed by atoms with Crippen LogP contribution in [0.2, 0.25) is 0 Å². The van der Waals surface area contributed by atoms with Gasteiger partial charge in [0.05, 0.1) is 7.11 Å². The molecule has 0 saturated heterocycles. The van der Waals surface area contributed by atoms with Crippen molar-refractivity contribution in [3.05, 3.63) is 53.0 Å². The summed E-state index contributed by atoms with van der Waals surface area (Å²) in [5, 5.41) is 6.91. The highest BCUT2D eigenvalue weighted by Gasteiger charge is 2.27. The molecule has 1 unspecified atom stereocenters. The minimum Gasteiger partial charge on any atom is -0.497 e. The van der Waals surface area contributed by atoms with Gasteiger partial charge < -0.3 is 19.6 Å². The highest BCUT2D eigenvalue weighted by molar-refractivity contribution is 5.94. The van der Waals surface area contributed by atoms with Gasteiger partial charge in [0.15, 0.2) is 5.82 Å². The molecule has 2 N–H and O–H groups in total. The van der Waals surface area contributed by atoms with E-state index in [9.17, 15) is 4.79 Å². The van der Waals surface area contributed by atoms with Crippen molar-refractivity contribution in [3.8, 4) is 17.3 Å². The van der Waals surface area contributed by atoms with Crippen LogP contribution in [-0.4, -0.2) is 34.7 Å². The Morgan fingerprint density at radius 2 is 2.20 bits per heavy atom. The summed E-state index contributed by atoms with van der Waals surface area (Å²) in [5.74, 6) is 2.00. The fourth-order valence-corrected chi connectivity index (χ4v) is 3.09. The molecule has 3 aromatic rings. The number of H-pyrrole nitrogens is 1. The van der Waals surface area contributed by atoms with E-state index >= 15 is 0 Å². The first-order valence-corrected chi connectivity index (χ1v) is 8.09. The number of nitrogens with zero attached hydrogens (tertiary/aromatic N) is 2. The molecule has 25 heavy (non-hydrogen) atoms. The van der Waals surface area contributed by atoms with Crippen LogP contribution in [-0.2, 0) is 6.42 Å². The van der Waals surface area contributed by atoms with Gasteiger partial charge in [-0.15, -0.1) is 0 Å². The maximum atomic E-state index is 12.4. The highest BCUT2D eigenvalue weighted by Crippen LogP contribution is 2.28. The Hall–Kier alpha value is -3.09. The quantitative estimate of drug-likeness (QED) is 0.765. The Morgan fingerprint density at radius 1 is 1.32 bits per heavy atom. The van der Waals surface area contributed by atoms with Gasteiger partial charge in [0, 0.05) is 24.2 Å². The molecule has 0 saturated carbocycles. The van der Waals surface area contributed by atoms with E-state index in [0.717, 1.165) is 17.0 Å². The summed E-state index contributed by atoms with van der Waals surface area (Å²) in [6, 6.07) is 9.70. The zero-order valence-electron chi connectivity index (χ0n) is 14.0. The monoisotopic (exact) mass is 338 g/mol. The van der Waals surface area contributed by atoms with Crippen molar-refractivity contribution in [2.24, 2.45) is 0 Å². The lowest BCUT2D eigenvalue weighted by Crippen LogP contribution is -2.26. The molecule has 128 valence electrons. The largest absolute Gasteiger partial charge is 0.497 e. The first kappa shape index (κ1) is 15.4. The topological polar surface area (TPSA) is 93.0 Å². The zero-order valence-corrected chi connectivity index (χ0v) is 14.0. The second kappa shape index (κ2) is 6.08. The number of benzene rings is 1. The van der Waals surface area contributed by atoms with Crippen LogP contribution in [0.25, 0.3) is 11.5 Å². The van der Waals surface area contributed by atoms with Gasteiger partial charge in [-0.2, -0.15) is 0 Å². The molecular formula is C18H18N4O3. The number of aromatic nitrogens is 3. The summed E-state index contributed by atoms with van der Waals surface area (Å²) >= 11 is 0. The third-order valence-electron chi connectivity index (χ3n) is 4.39. The van der Waals surface area contributed by atoms with Gasteiger partial charge >= 0.3 is 0 Å². The number of imidazole rings is 1. The number of carbonyl (C=O) groups excluding carboxylic acids is 1. The molecule has 1 aliphatic rings. The summed E-state index contributed by atoms with van der Waals surface area (Å²) in [7, 11) is 1.65. The van der Waals surface area contributed by atoms with Crippen LogP contribution in [0.1, 0.15) is 33.4 Å². The zero-order chi connectivity index (χ0) is 17.4. The first-order chi connectivity index (χ1) is 12.1. The Morgan fingerprint density at radius 3 is 2.96 bits per heavy atom. The van der Waals surface area contributed by atoms with Gasteiger partial charge in [-0.25, -0.2) is 4.98 Å². The van der Waals surface area contributed by atoms with Crippen LogP contribution in [0, 0.1) is 6.92 Å². The molecular weight excluding hydrogens is 320 g/mol. The molecule has 0 radical (unpaired) electrons. The second-order valence-corrected chi connectivity index (χ2v) is 6.12. The van der Waals surface area contributed by atoms with Crippen molar-refractivity contribution >= 4 is 5.91 Å². The molecule has 4 rings (SSSR count). The summed E-state index contributed by atoms with van der Waals surface area (Å²) < 4.78 is 10.4. The highest BCUT2D eigenvalue weighted by atomic mass is 16.5. The van der Waals surface area contributed by atoms with Crippen LogP contribution < -0.4 is 10.1 Å². The number of hydrogen-bond acceptors (Lipinski definition) is 5. The number of aryl methyl sites for hydroxylation is 1. The van der Waals surface area contributed by atoms with Crippen molar-refractivity contribution in [1.82, 2.24) is 20.4 Å². The number of rotatable bonds is 3. The van der Waals surface area contributed by atoms with E-state index < -0.39 is 0 Å². The maximum absolute atomic E-state index is 12.4. The van der Waals surface area contributed by atoms with E-state index in [-0.39, 0.29) is 11.8 Å². The van der Waals surface area contributed by atoms with Crippen LogP contribution >= 0.6 is 0 Å². The first-order valence-electron chi connectivity index (χ1n) is 8.09. The molecule has 7 nitrogen and oxygen atoms in total. The molecule has 7 heteroatoms. The predicted molar refractivity (Wildman–Crippen MR) is 90.6 cm³/mol. The lowest BCUT2D eigenvalue weighted by molar-refractivity contribution is 0.0950. The normalized spacial score (nSPS) is 16.9. The number of amides is 1. The maximum Gasteiger partial charge on any atom is 0.271 e.